The van der Waals surface area contributed by atoms with E-state index in [4.69, 9.17) is 0 Å². The molecule has 2 N–H and O–H groups in total. The average Bonchev–Trinajstić information content (AvgIpc) is 3.48. The molecule has 1 saturated heterocycles. The number of hydrogen-bond acceptors (Lipinski definition) is 4. The van der Waals surface area contributed by atoms with Gasteiger partial charge in [-0.1, -0.05) is 18.2 Å². The molecule has 2 fully saturated rings. The van der Waals surface area contributed by atoms with Crippen molar-refractivity contribution in [1.82, 2.24) is 19.7 Å². The van der Waals surface area contributed by atoms with Crippen molar-refractivity contribution in [2.45, 2.75) is 57.5 Å². The summed E-state index contributed by atoms with van der Waals surface area (Å²) in [5, 5.41) is 10.8. The highest BCUT2D eigenvalue weighted by Crippen LogP contribution is 2.43. The van der Waals surface area contributed by atoms with Gasteiger partial charge in [0.25, 0.3) is 0 Å². The standard InChI is InChI=1S/C20H27N5O2/c1-2-24-19(15-9-11-21-12-10-15)23-25(20(24)27)13-18(26)22-17-6-4-3-5-16(17)14-7-8-14/h3-6,14-15,21H,2,7-13H2,1H3,(H,22,26). The smallest absolute Gasteiger partial charge is 0.324 e. The Kier molecular flexibility index (Phi) is 5.11. The molecular formula is C20H27N5O2. The Morgan fingerprint density at radius 3 is 2.63 bits per heavy atom. The summed E-state index contributed by atoms with van der Waals surface area (Å²) in [5.41, 5.74) is 1.84. The summed E-state index contributed by atoms with van der Waals surface area (Å²) in [7, 11) is 0. The van der Waals surface area contributed by atoms with Crippen molar-refractivity contribution in [3.8, 4) is 0 Å². The van der Waals surface area contributed by atoms with Crippen molar-refractivity contribution < 1.29 is 4.79 Å². The summed E-state index contributed by atoms with van der Waals surface area (Å²) in [5.74, 6) is 1.44. The van der Waals surface area contributed by atoms with Gasteiger partial charge in [0.15, 0.2) is 0 Å². The van der Waals surface area contributed by atoms with Crippen LogP contribution in [-0.4, -0.2) is 33.3 Å². The molecule has 1 aliphatic heterocycles. The Labute approximate surface area is 158 Å². The second-order valence-corrected chi connectivity index (χ2v) is 7.48. The van der Waals surface area contributed by atoms with E-state index in [1.807, 2.05) is 25.1 Å². The molecule has 0 atom stereocenters. The predicted molar refractivity (Wildman–Crippen MR) is 104 cm³/mol. The number of benzene rings is 1. The average molecular weight is 369 g/mol. The number of piperidine rings is 1. The third-order valence-corrected chi connectivity index (χ3v) is 5.52. The van der Waals surface area contributed by atoms with Gasteiger partial charge in [0.05, 0.1) is 0 Å². The summed E-state index contributed by atoms with van der Waals surface area (Å²) in [4.78, 5) is 25.3. The number of aromatic nitrogens is 3. The maximum Gasteiger partial charge on any atom is 0.346 e. The van der Waals surface area contributed by atoms with Gasteiger partial charge in [-0.15, -0.1) is 0 Å². The highest BCUT2D eigenvalue weighted by molar-refractivity contribution is 5.91. The zero-order chi connectivity index (χ0) is 18.8. The highest BCUT2D eigenvalue weighted by Gasteiger charge is 2.27. The first-order valence-electron chi connectivity index (χ1n) is 9.94. The van der Waals surface area contributed by atoms with Crippen LogP contribution in [0.1, 0.15) is 55.8 Å². The van der Waals surface area contributed by atoms with Gasteiger partial charge in [-0.05, 0) is 63.2 Å². The molecule has 2 heterocycles. The Hall–Kier alpha value is -2.41. The van der Waals surface area contributed by atoms with E-state index in [-0.39, 0.29) is 24.1 Å². The number of carbonyl (C=O) groups is 1. The summed E-state index contributed by atoms with van der Waals surface area (Å²) < 4.78 is 3.03. The molecule has 7 heteroatoms. The molecular weight excluding hydrogens is 342 g/mol. The maximum atomic E-state index is 12.7. The molecule has 2 aliphatic rings. The van der Waals surface area contributed by atoms with Gasteiger partial charge in [0.2, 0.25) is 5.91 Å². The number of carbonyl (C=O) groups excluding carboxylic acids is 1. The van der Waals surface area contributed by atoms with Crippen molar-refractivity contribution in [2.24, 2.45) is 0 Å². The molecule has 1 aromatic carbocycles. The van der Waals surface area contributed by atoms with Gasteiger partial charge in [-0.2, -0.15) is 5.10 Å². The van der Waals surface area contributed by atoms with Crippen molar-refractivity contribution in [3.05, 3.63) is 46.1 Å². The van der Waals surface area contributed by atoms with E-state index in [0.29, 0.717) is 12.5 Å². The van der Waals surface area contributed by atoms with Crippen LogP contribution >= 0.6 is 0 Å². The van der Waals surface area contributed by atoms with E-state index < -0.39 is 0 Å². The first kappa shape index (κ1) is 18.0. The molecule has 1 aliphatic carbocycles. The molecule has 1 saturated carbocycles. The predicted octanol–water partition coefficient (Wildman–Crippen LogP) is 2.05. The molecule has 4 rings (SSSR count). The van der Waals surface area contributed by atoms with E-state index in [1.165, 1.54) is 23.1 Å². The lowest BCUT2D eigenvalue weighted by Gasteiger charge is -2.21. The third kappa shape index (κ3) is 3.83. The van der Waals surface area contributed by atoms with Crippen molar-refractivity contribution >= 4 is 11.6 Å². The Morgan fingerprint density at radius 2 is 1.93 bits per heavy atom. The number of nitrogens with one attached hydrogen (secondary N) is 2. The Morgan fingerprint density at radius 1 is 1.19 bits per heavy atom. The van der Waals surface area contributed by atoms with Crippen molar-refractivity contribution in [1.29, 1.82) is 0 Å². The minimum absolute atomic E-state index is 0.0528. The molecule has 2 aromatic rings. The van der Waals surface area contributed by atoms with Crippen LogP contribution in [0.5, 0.6) is 0 Å². The zero-order valence-corrected chi connectivity index (χ0v) is 15.8. The normalized spacial score (nSPS) is 17.8. The monoisotopic (exact) mass is 369 g/mol. The molecule has 1 aromatic heterocycles. The second kappa shape index (κ2) is 7.68. The lowest BCUT2D eigenvalue weighted by molar-refractivity contribution is -0.117. The summed E-state index contributed by atoms with van der Waals surface area (Å²) in [6.07, 6.45) is 4.29. The largest absolute Gasteiger partial charge is 0.346 e. The lowest BCUT2D eigenvalue weighted by atomic mass is 9.97. The van der Waals surface area contributed by atoms with Crippen LogP contribution in [0.2, 0.25) is 0 Å². The number of anilines is 1. The van der Waals surface area contributed by atoms with Gasteiger partial charge in [0, 0.05) is 18.2 Å². The molecule has 0 bridgehead atoms. The van der Waals surface area contributed by atoms with Crippen molar-refractivity contribution in [3.63, 3.8) is 0 Å². The summed E-state index contributed by atoms with van der Waals surface area (Å²) in [6, 6.07) is 7.93. The zero-order valence-electron chi connectivity index (χ0n) is 15.8. The second-order valence-electron chi connectivity index (χ2n) is 7.48. The molecule has 0 unspecified atom stereocenters. The fourth-order valence-electron chi connectivity index (χ4n) is 3.93. The van der Waals surface area contributed by atoms with E-state index in [2.05, 4.69) is 21.8 Å². The minimum Gasteiger partial charge on any atom is -0.324 e. The van der Waals surface area contributed by atoms with E-state index in [0.717, 1.165) is 37.4 Å². The summed E-state index contributed by atoms with van der Waals surface area (Å²) in [6.45, 7) is 4.35. The van der Waals surface area contributed by atoms with Gasteiger partial charge >= 0.3 is 5.69 Å². The summed E-state index contributed by atoms with van der Waals surface area (Å²) >= 11 is 0. The minimum atomic E-state index is -0.206. The quantitative estimate of drug-likeness (QED) is 0.817. The lowest BCUT2D eigenvalue weighted by Crippen LogP contribution is -2.31. The topological polar surface area (TPSA) is 81.0 Å². The number of rotatable bonds is 6. The fourth-order valence-corrected chi connectivity index (χ4v) is 3.93. The van der Waals surface area contributed by atoms with E-state index >= 15 is 0 Å². The molecule has 0 radical (unpaired) electrons. The Balaban J connectivity index is 1.51. The van der Waals surface area contributed by atoms with Gasteiger partial charge in [-0.25, -0.2) is 9.48 Å². The SMILES string of the molecule is CCn1c(C2CCNCC2)nn(CC(=O)Nc2ccccc2C2CC2)c1=O. The van der Waals surface area contributed by atoms with E-state index in [9.17, 15) is 9.59 Å². The number of amides is 1. The van der Waals surface area contributed by atoms with E-state index in [1.54, 1.807) is 4.57 Å². The highest BCUT2D eigenvalue weighted by atomic mass is 16.2. The molecule has 0 spiro atoms. The van der Waals surface area contributed by atoms with Gasteiger partial charge < -0.3 is 10.6 Å². The van der Waals surface area contributed by atoms with Crippen LogP contribution in [0.15, 0.2) is 29.1 Å². The molecule has 1 amide bonds. The molecule has 27 heavy (non-hydrogen) atoms. The van der Waals surface area contributed by atoms with Gasteiger partial charge in [-0.3, -0.25) is 9.36 Å². The van der Waals surface area contributed by atoms with Crippen LogP contribution in [0.25, 0.3) is 0 Å². The van der Waals surface area contributed by atoms with Crippen molar-refractivity contribution in [2.75, 3.05) is 18.4 Å². The van der Waals surface area contributed by atoms with Crippen LogP contribution < -0.4 is 16.3 Å². The molecule has 7 nitrogen and oxygen atoms in total. The van der Waals surface area contributed by atoms with Crippen LogP contribution in [0.4, 0.5) is 5.69 Å². The first-order valence-corrected chi connectivity index (χ1v) is 9.94. The van der Waals surface area contributed by atoms with Gasteiger partial charge in [0.1, 0.15) is 12.4 Å². The number of para-hydroxylation sites is 1. The maximum absolute atomic E-state index is 12.7. The Bertz CT molecular complexity index is 875. The molecule has 144 valence electrons. The first-order chi connectivity index (χ1) is 13.2. The van der Waals surface area contributed by atoms with Crippen LogP contribution in [-0.2, 0) is 17.9 Å². The fraction of sp³-hybridized carbons (Fsp3) is 0.550. The number of hydrogen-bond donors (Lipinski definition) is 2. The number of nitrogens with zero attached hydrogens (tertiary/aromatic N) is 3. The third-order valence-electron chi connectivity index (χ3n) is 5.52. The van der Waals surface area contributed by atoms with Crippen LogP contribution in [0.3, 0.4) is 0 Å². The van der Waals surface area contributed by atoms with Crippen LogP contribution in [0, 0.1) is 0 Å².